The van der Waals surface area contributed by atoms with Crippen molar-refractivity contribution in [3.05, 3.63) is 106 Å². The van der Waals surface area contributed by atoms with E-state index in [9.17, 15) is 10.1 Å². The van der Waals surface area contributed by atoms with Crippen molar-refractivity contribution in [2.24, 2.45) is 0 Å². The predicted octanol–water partition coefficient (Wildman–Crippen LogP) is 3.83. The number of allylic oxidation sites excluding steroid dienone is 1. The molecule has 1 aliphatic heterocycles. The van der Waals surface area contributed by atoms with E-state index in [2.05, 4.69) is 22.1 Å². The lowest BCUT2D eigenvalue weighted by Crippen LogP contribution is -2.58. The van der Waals surface area contributed by atoms with E-state index in [1.165, 1.54) is 0 Å². The first kappa shape index (κ1) is 16.2. The molecule has 3 aromatic carbocycles. The van der Waals surface area contributed by atoms with E-state index in [-0.39, 0.29) is 10.6 Å². The second-order valence-electron chi connectivity index (χ2n) is 6.67. The van der Waals surface area contributed by atoms with Crippen molar-refractivity contribution < 1.29 is 9.92 Å². The molecule has 1 aliphatic rings. The van der Waals surface area contributed by atoms with Crippen LogP contribution in [0.15, 0.2) is 79.0 Å². The molecule has 5 heteroatoms. The fourth-order valence-electron chi connectivity index (χ4n) is 3.76. The molecule has 0 unspecified atom stereocenters. The molecule has 5 rings (SSSR count). The Balaban J connectivity index is 1.80. The van der Waals surface area contributed by atoms with Crippen molar-refractivity contribution in [1.82, 2.24) is 4.98 Å². The fraction of sp³-hybridized carbons (Fsp3) is 0. The molecule has 0 spiro atoms. The summed E-state index contributed by atoms with van der Waals surface area (Å²) in [7, 11) is 0. The third-order valence-corrected chi connectivity index (χ3v) is 5.08. The number of fused-ring (bicyclic) bond motifs is 2. The maximum Gasteiger partial charge on any atom is 0.269 e. The maximum atomic E-state index is 11.1. The average molecular weight is 366 g/mol. The van der Waals surface area contributed by atoms with Crippen LogP contribution in [0.5, 0.6) is 0 Å². The fourth-order valence-corrected chi connectivity index (χ4v) is 3.76. The Morgan fingerprint density at radius 3 is 2.50 bits per heavy atom. The van der Waals surface area contributed by atoms with Crippen LogP contribution in [0, 0.1) is 10.1 Å². The third-order valence-electron chi connectivity index (χ3n) is 5.08. The number of nitro groups is 1. The Morgan fingerprint density at radius 1 is 0.929 bits per heavy atom. The zero-order valence-electron chi connectivity index (χ0n) is 14.8. The molecule has 2 N–H and O–H groups in total. The van der Waals surface area contributed by atoms with Crippen molar-refractivity contribution in [1.29, 1.82) is 0 Å². The van der Waals surface area contributed by atoms with Crippen LogP contribution in [0.25, 0.3) is 22.0 Å². The minimum Gasteiger partial charge on any atom is -0.361 e. The number of nitrogens with zero attached hydrogens (tertiary/aromatic N) is 1. The molecule has 5 nitrogen and oxygen atoms in total. The standard InChI is InChI=1S/C23H15N3O2/c27-26(28)16-11-9-15(10-12-16)23(19-13-24-21-7-3-1-5-17(19)21)20-14-25-22-8-4-2-6-18(20)22/h1-14,24H/p+1. The number of benzene rings is 3. The summed E-state index contributed by atoms with van der Waals surface area (Å²) in [4.78, 5) is 17.4. The number of rotatable bonds is 3. The first-order valence-electron chi connectivity index (χ1n) is 8.97. The van der Waals surface area contributed by atoms with E-state index in [0.29, 0.717) is 0 Å². The number of aromatic amines is 1. The summed E-state index contributed by atoms with van der Waals surface area (Å²) < 4.78 is 0. The monoisotopic (exact) mass is 366 g/mol. The van der Waals surface area contributed by atoms with Gasteiger partial charge in [0.1, 0.15) is 0 Å². The molecular formula is C23H16N3O2+. The van der Waals surface area contributed by atoms with E-state index in [4.69, 9.17) is 0 Å². The summed E-state index contributed by atoms with van der Waals surface area (Å²) in [6, 6.07) is 23.0. The normalized spacial score (nSPS) is 14.3. The summed E-state index contributed by atoms with van der Waals surface area (Å²) in [5, 5.41) is 12.2. The second kappa shape index (κ2) is 6.32. The van der Waals surface area contributed by atoms with Crippen LogP contribution in [0.4, 0.5) is 11.4 Å². The molecule has 0 atom stereocenters. The van der Waals surface area contributed by atoms with Gasteiger partial charge in [-0.25, -0.2) is 4.99 Å². The van der Waals surface area contributed by atoms with Crippen LogP contribution in [-0.2, 0) is 0 Å². The zero-order chi connectivity index (χ0) is 19.1. The van der Waals surface area contributed by atoms with Gasteiger partial charge >= 0.3 is 0 Å². The van der Waals surface area contributed by atoms with Gasteiger partial charge in [-0.05, 0) is 29.8 Å². The zero-order valence-corrected chi connectivity index (χ0v) is 14.8. The Kier molecular flexibility index (Phi) is 3.66. The van der Waals surface area contributed by atoms with E-state index < -0.39 is 0 Å². The number of nitrogens with one attached hydrogen (secondary N) is 2. The van der Waals surface area contributed by atoms with Gasteiger partial charge in [0.05, 0.1) is 16.1 Å². The topological polar surface area (TPSA) is 72.9 Å². The summed E-state index contributed by atoms with van der Waals surface area (Å²) in [6.07, 6.45) is 4.01. The average Bonchev–Trinajstić information content (AvgIpc) is 3.34. The molecule has 2 heterocycles. The number of nitro benzene ring substituents is 1. The highest BCUT2D eigenvalue weighted by atomic mass is 16.6. The van der Waals surface area contributed by atoms with Crippen LogP contribution in [0.1, 0.15) is 16.7 Å². The molecule has 0 amide bonds. The number of non-ortho nitro benzene ring substituents is 1. The number of hydrogen-bond acceptors (Lipinski definition) is 2. The van der Waals surface area contributed by atoms with Crippen molar-refractivity contribution in [3.63, 3.8) is 0 Å². The van der Waals surface area contributed by atoms with Gasteiger partial charge in [-0.15, -0.1) is 0 Å². The van der Waals surface area contributed by atoms with E-state index in [1.54, 1.807) is 12.1 Å². The van der Waals surface area contributed by atoms with Crippen LogP contribution in [0.3, 0.4) is 0 Å². The highest BCUT2D eigenvalue weighted by Crippen LogP contribution is 2.37. The predicted molar refractivity (Wildman–Crippen MR) is 110 cm³/mol. The third kappa shape index (κ3) is 2.53. The van der Waals surface area contributed by atoms with E-state index >= 15 is 0 Å². The lowest BCUT2D eigenvalue weighted by molar-refractivity contribution is -0.384. The maximum absolute atomic E-state index is 11.1. The van der Waals surface area contributed by atoms with Crippen LogP contribution in [0.2, 0.25) is 0 Å². The van der Waals surface area contributed by atoms with Gasteiger partial charge in [0.2, 0.25) is 5.69 Å². The van der Waals surface area contributed by atoms with Crippen LogP contribution >= 0.6 is 0 Å². The minimum atomic E-state index is -0.374. The molecule has 0 fully saturated rings. The van der Waals surface area contributed by atoms with Gasteiger partial charge in [-0.3, -0.25) is 10.1 Å². The quantitative estimate of drug-likeness (QED) is 0.427. The highest BCUT2D eigenvalue weighted by molar-refractivity contribution is 6.24. The number of H-pyrrole nitrogens is 1. The molecule has 0 saturated carbocycles. The van der Waals surface area contributed by atoms with E-state index in [1.807, 2.05) is 60.9 Å². The molecule has 134 valence electrons. The molecule has 1 aromatic heterocycles. The molecule has 28 heavy (non-hydrogen) atoms. The van der Waals surface area contributed by atoms with Gasteiger partial charge in [0, 0.05) is 46.4 Å². The van der Waals surface area contributed by atoms with Gasteiger partial charge < -0.3 is 4.98 Å². The summed E-state index contributed by atoms with van der Waals surface area (Å²) >= 11 is 0. The second-order valence-corrected chi connectivity index (χ2v) is 6.67. The van der Waals surface area contributed by atoms with Gasteiger partial charge in [-0.1, -0.05) is 30.3 Å². The molecule has 4 aromatic rings. The van der Waals surface area contributed by atoms with Gasteiger partial charge in [0.25, 0.3) is 5.69 Å². The molecule has 0 radical (unpaired) electrons. The van der Waals surface area contributed by atoms with Gasteiger partial charge in [0.15, 0.2) is 6.21 Å². The van der Waals surface area contributed by atoms with Crippen molar-refractivity contribution in [2.45, 2.75) is 0 Å². The molecule has 0 saturated heterocycles. The molecule has 0 aliphatic carbocycles. The first-order chi connectivity index (χ1) is 13.7. The van der Waals surface area contributed by atoms with Crippen molar-refractivity contribution in [3.8, 4) is 0 Å². The summed E-state index contributed by atoms with van der Waals surface area (Å²) in [6.45, 7) is 0. The van der Waals surface area contributed by atoms with Crippen LogP contribution < -0.4 is 4.99 Å². The summed E-state index contributed by atoms with van der Waals surface area (Å²) in [5.74, 6) is 0. The smallest absolute Gasteiger partial charge is 0.269 e. The molecule has 0 bridgehead atoms. The van der Waals surface area contributed by atoms with Crippen molar-refractivity contribution in [2.75, 3.05) is 0 Å². The lowest BCUT2D eigenvalue weighted by atomic mass is 9.90. The first-order valence-corrected chi connectivity index (χ1v) is 8.97. The largest absolute Gasteiger partial charge is 0.361 e. The Labute approximate surface area is 160 Å². The Hall–Kier alpha value is -3.99. The highest BCUT2D eigenvalue weighted by Gasteiger charge is 2.25. The SMILES string of the molecule is O=[N+]([O-])c1ccc(C(=C2C=[NH+]c3ccccc32)c2c[nH]c3ccccc23)cc1. The number of aromatic nitrogens is 1. The van der Waals surface area contributed by atoms with Crippen LogP contribution in [-0.4, -0.2) is 16.1 Å². The lowest BCUT2D eigenvalue weighted by Gasteiger charge is -2.10. The molecular weight excluding hydrogens is 350 g/mol. The Bertz CT molecular complexity index is 1280. The van der Waals surface area contributed by atoms with E-state index in [0.717, 1.165) is 44.4 Å². The Morgan fingerprint density at radius 2 is 1.68 bits per heavy atom. The van der Waals surface area contributed by atoms with Crippen molar-refractivity contribution >= 4 is 39.6 Å². The van der Waals surface area contributed by atoms with Gasteiger partial charge in [-0.2, -0.15) is 0 Å². The minimum absolute atomic E-state index is 0.0842. The summed E-state index contributed by atoms with van der Waals surface area (Å²) in [5.41, 5.74) is 7.39. The number of hydrogen-bond donors (Lipinski definition) is 2. The number of para-hydroxylation sites is 2.